The molecule has 4 rings (SSSR count). The van der Waals surface area contributed by atoms with Crippen LogP contribution in [0.1, 0.15) is 22.5 Å². The molecule has 1 N–H and O–H groups in total. The van der Waals surface area contributed by atoms with Crippen LogP contribution in [0.3, 0.4) is 0 Å². The lowest BCUT2D eigenvalue weighted by molar-refractivity contribution is 0.0942. The zero-order valence-electron chi connectivity index (χ0n) is 16.2. The number of halogens is 1. The average molecular weight is 393 g/mol. The minimum Gasteiger partial charge on any atom is -0.350 e. The van der Waals surface area contributed by atoms with Gasteiger partial charge in [0.2, 0.25) is 0 Å². The average Bonchev–Trinajstić information content (AvgIpc) is 3.42. The van der Waals surface area contributed by atoms with Gasteiger partial charge in [-0.1, -0.05) is 35.5 Å². The van der Waals surface area contributed by atoms with Crippen molar-refractivity contribution in [3.05, 3.63) is 77.9 Å². The number of rotatable bonds is 7. The molecule has 2 heterocycles. The van der Waals surface area contributed by atoms with Gasteiger partial charge < -0.3 is 10.2 Å². The van der Waals surface area contributed by atoms with E-state index < -0.39 is 0 Å². The van der Waals surface area contributed by atoms with E-state index in [4.69, 9.17) is 0 Å². The van der Waals surface area contributed by atoms with Crippen molar-refractivity contribution in [2.45, 2.75) is 12.8 Å². The van der Waals surface area contributed by atoms with Gasteiger partial charge in [-0.2, -0.15) is 0 Å². The number of hydrogen-bond donors (Lipinski definition) is 1. The van der Waals surface area contributed by atoms with Gasteiger partial charge >= 0.3 is 0 Å². The molecule has 3 aromatic rings. The molecule has 1 amide bonds. The number of carbonyl (C=O) groups is 1. The summed E-state index contributed by atoms with van der Waals surface area (Å²) in [6.45, 7) is 3.73. The van der Waals surface area contributed by atoms with Crippen LogP contribution in [0.4, 0.5) is 4.39 Å². The van der Waals surface area contributed by atoms with Crippen molar-refractivity contribution in [3.63, 3.8) is 0 Å². The molecular weight excluding hydrogens is 369 g/mol. The summed E-state index contributed by atoms with van der Waals surface area (Å²) in [4.78, 5) is 14.8. The first-order chi connectivity index (χ1) is 14.2. The van der Waals surface area contributed by atoms with Crippen LogP contribution in [-0.2, 0) is 6.42 Å². The minimum atomic E-state index is -0.318. The smallest absolute Gasteiger partial charge is 0.273 e. The van der Waals surface area contributed by atoms with E-state index in [1.807, 2.05) is 6.07 Å². The highest BCUT2D eigenvalue weighted by Crippen LogP contribution is 2.16. The molecule has 0 bridgehead atoms. The van der Waals surface area contributed by atoms with Crippen LogP contribution in [0.15, 0.2) is 60.8 Å². The highest BCUT2D eigenvalue weighted by atomic mass is 19.1. The highest BCUT2D eigenvalue weighted by Gasteiger charge is 2.23. The topological polar surface area (TPSA) is 63.1 Å². The molecule has 29 heavy (non-hydrogen) atoms. The van der Waals surface area contributed by atoms with Crippen LogP contribution < -0.4 is 5.32 Å². The molecule has 2 aromatic carbocycles. The van der Waals surface area contributed by atoms with Gasteiger partial charge in [-0.3, -0.25) is 4.79 Å². The Morgan fingerprint density at radius 1 is 1.14 bits per heavy atom. The second kappa shape index (κ2) is 8.96. The number of aromatic nitrogens is 3. The third-order valence-corrected chi connectivity index (χ3v) is 5.30. The fraction of sp³-hybridized carbons (Fsp3) is 0.318. The van der Waals surface area contributed by atoms with E-state index in [2.05, 4.69) is 44.8 Å². The van der Waals surface area contributed by atoms with Crippen molar-refractivity contribution >= 4 is 5.91 Å². The SMILES string of the molecule is O=C(NCC1CCN(CCc2ccccc2)C1)c1cn(-c2ccc(F)cc2)nn1. The molecule has 1 aromatic heterocycles. The molecule has 0 saturated carbocycles. The Bertz CT molecular complexity index is 941. The monoisotopic (exact) mass is 393 g/mol. The zero-order valence-corrected chi connectivity index (χ0v) is 16.2. The third kappa shape index (κ3) is 5.06. The molecule has 1 aliphatic rings. The Kier molecular flexibility index (Phi) is 5.95. The Labute approximate surface area is 169 Å². The van der Waals surface area contributed by atoms with Crippen molar-refractivity contribution in [3.8, 4) is 5.69 Å². The number of hydrogen-bond acceptors (Lipinski definition) is 4. The van der Waals surface area contributed by atoms with Crippen molar-refractivity contribution in [2.24, 2.45) is 5.92 Å². The molecule has 0 aliphatic carbocycles. The van der Waals surface area contributed by atoms with E-state index in [9.17, 15) is 9.18 Å². The molecule has 1 saturated heterocycles. The fourth-order valence-corrected chi connectivity index (χ4v) is 3.63. The summed E-state index contributed by atoms with van der Waals surface area (Å²) in [6.07, 6.45) is 3.69. The van der Waals surface area contributed by atoms with E-state index in [0.29, 0.717) is 18.2 Å². The molecule has 1 aliphatic heterocycles. The molecule has 0 spiro atoms. The van der Waals surface area contributed by atoms with Crippen LogP contribution in [-0.4, -0.2) is 52.0 Å². The lowest BCUT2D eigenvalue weighted by Crippen LogP contribution is -2.31. The number of nitrogens with one attached hydrogen (secondary N) is 1. The van der Waals surface area contributed by atoms with Gasteiger partial charge in [0, 0.05) is 19.6 Å². The van der Waals surface area contributed by atoms with Gasteiger partial charge in [0.15, 0.2) is 5.69 Å². The molecule has 0 radical (unpaired) electrons. The highest BCUT2D eigenvalue weighted by molar-refractivity contribution is 5.91. The standard InChI is InChI=1S/C22H24FN5O/c23-19-6-8-20(9-7-19)28-16-21(25-26-28)22(29)24-14-18-11-13-27(15-18)12-10-17-4-2-1-3-5-17/h1-9,16,18H,10-15H2,(H,24,29). The van der Waals surface area contributed by atoms with Gasteiger partial charge in [0.05, 0.1) is 11.9 Å². The maximum absolute atomic E-state index is 13.0. The summed E-state index contributed by atoms with van der Waals surface area (Å²) >= 11 is 0. The van der Waals surface area contributed by atoms with Crippen LogP contribution >= 0.6 is 0 Å². The Balaban J connectivity index is 1.23. The summed E-state index contributed by atoms with van der Waals surface area (Å²) < 4.78 is 14.5. The number of benzene rings is 2. The van der Waals surface area contributed by atoms with Crippen molar-refractivity contribution < 1.29 is 9.18 Å². The van der Waals surface area contributed by atoms with Crippen molar-refractivity contribution in [2.75, 3.05) is 26.2 Å². The number of carbonyl (C=O) groups excluding carboxylic acids is 1. The molecule has 150 valence electrons. The van der Waals surface area contributed by atoms with Gasteiger partial charge in [-0.15, -0.1) is 5.10 Å². The molecule has 7 heteroatoms. The van der Waals surface area contributed by atoms with E-state index in [1.54, 1.807) is 18.3 Å². The van der Waals surface area contributed by atoms with Crippen molar-refractivity contribution in [1.82, 2.24) is 25.2 Å². The van der Waals surface area contributed by atoms with Crippen LogP contribution in [0.25, 0.3) is 5.69 Å². The Morgan fingerprint density at radius 2 is 1.93 bits per heavy atom. The van der Waals surface area contributed by atoms with Crippen molar-refractivity contribution in [1.29, 1.82) is 0 Å². The van der Waals surface area contributed by atoms with Gasteiger partial charge in [0.25, 0.3) is 5.91 Å². The van der Waals surface area contributed by atoms with Crippen LogP contribution in [0, 0.1) is 11.7 Å². The predicted octanol–water partition coefficient (Wildman–Crippen LogP) is 2.70. The maximum atomic E-state index is 13.0. The largest absolute Gasteiger partial charge is 0.350 e. The van der Waals surface area contributed by atoms with Gasteiger partial charge in [0.1, 0.15) is 5.82 Å². The van der Waals surface area contributed by atoms with Gasteiger partial charge in [-0.25, -0.2) is 9.07 Å². The predicted molar refractivity (Wildman–Crippen MR) is 108 cm³/mol. The summed E-state index contributed by atoms with van der Waals surface area (Å²) in [5, 5.41) is 10.9. The molecular formula is C22H24FN5O. The number of amides is 1. The normalized spacial score (nSPS) is 16.8. The molecule has 1 unspecified atom stereocenters. The lowest BCUT2D eigenvalue weighted by Gasteiger charge is -2.16. The second-order valence-corrected chi connectivity index (χ2v) is 7.43. The van der Waals surface area contributed by atoms with E-state index in [1.165, 1.54) is 22.4 Å². The third-order valence-electron chi connectivity index (χ3n) is 5.30. The summed E-state index contributed by atoms with van der Waals surface area (Å²) in [5.41, 5.74) is 2.27. The first-order valence-electron chi connectivity index (χ1n) is 9.90. The van der Waals surface area contributed by atoms with Gasteiger partial charge in [-0.05, 0) is 55.1 Å². The molecule has 1 fully saturated rings. The van der Waals surface area contributed by atoms with Crippen LogP contribution in [0.2, 0.25) is 0 Å². The Morgan fingerprint density at radius 3 is 2.72 bits per heavy atom. The van der Waals surface area contributed by atoms with E-state index in [0.717, 1.165) is 32.5 Å². The first-order valence-corrected chi connectivity index (χ1v) is 9.90. The minimum absolute atomic E-state index is 0.235. The van der Waals surface area contributed by atoms with E-state index >= 15 is 0 Å². The Hall–Kier alpha value is -3.06. The number of nitrogens with zero attached hydrogens (tertiary/aromatic N) is 4. The van der Waals surface area contributed by atoms with Crippen LogP contribution in [0.5, 0.6) is 0 Å². The molecule has 1 atom stereocenters. The summed E-state index contributed by atoms with van der Waals surface area (Å²) in [7, 11) is 0. The first kappa shape index (κ1) is 19.3. The fourth-order valence-electron chi connectivity index (χ4n) is 3.63. The zero-order chi connectivity index (χ0) is 20.1. The second-order valence-electron chi connectivity index (χ2n) is 7.43. The summed E-state index contributed by atoms with van der Waals surface area (Å²) in [5.74, 6) is -0.107. The lowest BCUT2D eigenvalue weighted by atomic mass is 10.1. The summed E-state index contributed by atoms with van der Waals surface area (Å²) in [6, 6.07) is 16.4. The maximum Gasteiger partial charge on any atom is 0.273 e. The quantitative estimate of drug-likeness (QED) is 0.670. The van der Waals surface area contributed by atoms with E-state index in [-0.39, 0.29) is 17.4 Å². The number of likely N-dealkylation sites (tertiary alicyclic amines) is 1. The molecule has 6 nitrogen and oxygen atoms in total.